The minimum atomic E-state index is -0.509. The molecular weight excluding hydrogens is 223 g/mol. The van der Waals surface area contributed by atoms with Crippen LogP contribution < -0.4 is 11.1 Å². The van der Waals surface area contributed by atoms with Crippen LogP contribution in [0, 0.1) is 5.82 Å². The summed E-state index contributed by atoms with van der Waals surface area (Å²) in [6, 6.07) is 5.27. The molecule has 0 radical (unpaired) electrons. The first-order valence-corrected chi connectivity index (χ1v) is 4.92. The quantitative estimate of drug-likeness (QED) is 0.771. The fourth-order valence-corrected chi connectivity index (χ4v) is 1.39. The zero-order valence-corrected chi connectivity index (χ0v) is 9.14. The van der Waals surface area contributed by atoms with E-state index in [-0.39, 0.29) is 11.3 Å². The molecule has 3 N–H and O–H groups in total. The van der Waals surface area contributed by atoms with Gasteiger partial charge in [-0.2, -0.15) is 5.10 Å². The zero-order valence-electron chi connectivity index (χ0n) is 9.14. The lowest BCUT2D eigenvalue weighted by molar-refractivity contribution is 0.102. The number of rotatable bonds is 2. The van der Waals surface area contributed by atoms with Crippen LogP contribution in [-0.2, 0) is 7.05 Å². The van der Waals surface area contributed by atoms with Gasteiger partial charge in [-0.25, -0.2) is 4.39 Å². The third-order valence-electron chi connectivity index (χ3n) is 2.22. The highest BCUT2D eigenvalue weighted by atomic mass is 19.1. The van der Waals surface area contributed by atoms with E-state index in [1.807, 2.05) is 0 Å². The fourth-order valence-electron chi connectivity index (χ4n) is 1.39. The number of nitrogens with one attached hydrogen (secondary N) is 1. The summed E-state index contributed by atoms with van der Waals surface area (Å²) in [6.07, 6.45) is 1.69. The van der Waals surface area contributed by atoms with E-state index < -0.39 is 11.7 Å². The molecule has 1 aromatic carbocycles. The molecule has 0 unspecified atom stereocenters. The number of nitrogens with zero attached hydrogens (tertiary/aromatic N) is 2. The van der Waals surface area contributed by atoms with Crippen LogP contribution in [0.4, 0.5) is 15.9 Å². The first-order valence-electron chi connectivity index (χ1n) is 4.92. The highest BCUT2D eigenvalue weighted by Gasteiger charge is 2.12. The molecule has 0 bridgehead atoms. The molecule has 6 heteroatoms. The average Bonchev–Trinajstić information content (AvgIpc) is 2.67. The van der Waals surface area contributed by atoms with Crippen molar-refractivity contribution in [3.63, 3.8) is 0 Å². The Balaban J connectivity index is 2.22. The van der Waals surface area contributed by atoms with Crippen molar-refractivity contribution in [2.75, 3.05) is 11.1 Å². The van der Waals surface area contributed by atoms with Crippen LogP contribution >= 0.6 is 0 Å². The smallest absolute Gasteiger partial charge is 0.259 e. The van der Waals surface area contributed by atoms with Gasteiger partial charge in [0.05, 0.1) is 5.56 Å². The van der Waals surface area contributed by atoms with Gasteiger partial charge in [0.1, 0.15) is 5.82 Å². The summed E-state index contributed by atoms with van der Waals surface area (Å²) in [5.41, 5.74) is 5.91. The Hall–Kier alpha value is -2.37. The molecule has 0 aliphatic heterocycles. The molecule has 0 atom stereocenters. The van der Waals surface area contributed by atoms with Gasteiger partial charge < -0.3 is 11.1 Å². The normalized spacial score (nSPS) is 10.2. The first-order chi connectivity index (χ1) is 8.06. The summed E-state index contributed by atoms with van der Waals surface area (Å²) in [4.78, 5) is 11.8. The summed E-state index contributed by atoms with van der Waals surface area (Å²) >= 11 is 0. The number of hydrogen-bond donors (Lipinski definition) is 2. The summed E-state index contributed by atoms with van der Waals surface area (Å²) in [7, 11) is 1.73. The third-order valence-corrected chi connectivity index (χ3v) is 2.22. The maximum atomic E-state index is 13.0. The maximum Gasteiger partial charge on any atom is 0.259 e. The molecule has 0 aliphatic carbocycles. The van der Waals surface area contributed by atoms with Crippen LogP contribution in [0.15, 0.2) is 30.5 Å². The van der Waals surface area contributed by atoms with Crippen molar-refractivity contribution in [3.05, 3.63) is 41.8 Å². The molecular formula is C11H11FN4O. The van der Waals surface area contributed by atoms with Crippen molar-refractivity contribution in [1.29, 1.82) is 0 Å². The predicted molar refractivity (Wildman–Crippen MR) is 62.0 cm³/mol. The van der Waals surface area contributed by atoms with Crippen LogP contribution in [-0.4, -0.2) is 15.7 Å². The van der Waals surface area contributed by atoms with Gasteiger partial charge >= 0.3 is 0 Å². The first kappa shape index (κ1) is 11.1. The number of nitrogens with two attached hydrogens (primary N) is 1. The monoisotopic (exact) mass is 234 g/mol. The van der Waals surface area contributed by atoms with Crippen LogP contribution in [0.5, 0.6) is 0 Å². The Bertz CT molecular complexity index is 564. The number of hydrogen-bond acceptors (Lipinski definition) is 3. The summed E-state index contributed by atoms with van der Waals surface area (Å²) in [5, 5.41) is 6.51. The fraction of sp³-hybridized carbons (Fsp3) is 0.0909. The molecule has 2 aromatic rings. The van der Waals surface area contributed by atoms with Crippen molar-refractivity contribution in [2.45, 2.75) is 0 Å². The number of nitrogen functional groups attached to an aromatic ring is 1. The van der Waals surface area contributed by atoms with Crippen molar-refractivity contribution in [3.8, 4) is 0 Å². The molecule has 17 heavy (non-hydrogen) atoms. The van der Waals surface area contributed by atoms with Crippen molar-refractivity contribution < 1.29 is 9.18 Å². The number of aryl methyl sites for hydroxylation is 1. The highest BCUT2D eigenvalue weighted by molar-refractivity contribution is 6.07. The summed E-state index contributed by atoms with van der Waals surface area (Å²) in [5.74, 6) is -0.604. The number of carbonyl (C=O) groups is 1. The minimum Gasteiger partial charge on any atom is -0.398 e. The number of benzene rings is 1. The van der Waals surface area contributed by atoms with E-state index in [0.717, 1.165) is 6.07 Å². The van der Waals surface area contributed by atoms with E-state index >= 15 is 0 Å². The topological polar surface area (TPSA) is 72.9 Å². The largest absolute Gasteiger partial charge is 0.398 e. The molecule has 1 aromatic heterocycles. The van der Waals surface area contributed by atoms with Gasteiger partial charge in [0.2, 0.25) is 0 Å². The van der Waals surface area contributed by atoms with Crippen molar-refractivity contribution >= 4 is 17.4 Å². The lowest BCUT2D eigenvalue weighted by Gasteiger charge is -2.05. The van der Waals surface area contributed by atoms with Gasteiger partial charge in [0.15, 0.2) is 5.82 Å². The maximum absolute atomic E-state index is 13.0. The third kappa shape index (κ3) is 2.41. The van der Waals surface area contributed by atoms with Gasteiger partial charge in [-0.3, -0.25) is 9.48 Å². The standard InChI is InChI=1S/C11H11FN4O/c1-16-5-4-10(15-16)14-11(17)8-6-7(12)2-3-9(8)13/h2-6H,13H2,1H3,(H,14,15,17). The van der Waals surface area contributed by atoms with E-state index in [1.54, 1.807) is 24.0 Å². The Morgan fingerprint density at radius 3 is 2.88 bits per heavy atom. The molecule has 0 spiro atoms. The Labute approximate surface area is 97.0 Å². The molecule has 0 fully saturated rings. The SMILES string of the molecule is Cn1ccc(NC(=O)c2cc(F)ccc2N)n1. The van der Waals surface area contributed by atoms with Gasteiger partial charge in [-0.05, 0) is 18.2 Å². The molecule has 0 saturated heterocycles. The van der Waals surface area contributed by atoms with Crippen molar-refractivity contribution in [2.24, 2.45) is 7.05 Å². The van der Waals surface area contributed by atoms with Gasteiger partial charge in [-0.15, -0.1) is 0 Å². The van der Waals surface area contributed by atoms with Gasteiger partial charge in [-0.1, -0.05) is 0 Å². The number of anilines is 2. The molecule has 5 nitrogen and oxygen atoms in total. The second kappa shape index (κ2) is 4.25. The van der Waals surface area contributed by atoms with Gasteiger partial charge in [0, 0.05) is 25.0 Å². The van der Waals surface area contributed by atoms with E-state index in [2.05, 4.69) is 10.4 Å². The summed E-state index contributed by atoms with van der Waals surface area (Å²) in [6.45, 7) is 0. The number of aromatic nitrogens is 2. The zero-order chi connectivity index (χ0) is 12.4. The minimum absolute atomic E-state index is 0.0932. The molecule has 0 saturated carbocycles. The number of halogens is 1. The molecule has 2 rings (SSSR count). The van der Waals surface area contributed by atoms with Crippen LogP contribution in [0.2, 0.25) is 0 Å². The number of carbonyl (C=O) groups excluding carboxylic acids is 1. The molecule has 88 valence electrons. The Morgan fingerprint density at radius 2 is 2.24 bits per heavy atom. The Kier molecular flexibility index (Phi) is 2.78. The van der Waals surface area contributed by atoms with E-state index in [1.165, 1.54) is 12.1 Å². The van der Waals surface area contributed by atoms with Crippen LogP contribution in [0.1, 0.15) is 10.4 Å². The van der Waals surface area contributed by atoms with E-state index in [4.69, 9.17) is 5.73 Å². The summed E-state index contributed by atoms with van der Waals surface area (Å²) < 4.78 is 14.5. The molecule has 1 heterocycles. The average molecular weight is 234 g/mol. The molecule has 1 amide bonds. The number of amides is 1. The second-order valence-electron chi connectivity index (χ2n) is 3.56. The Morgan fingerprint density at radius 1 is 1.47 bits per heavy atom. The highest BCUT2D eigenvalue weighted by Crippen LogP contribution is 2.15. The van der Waals surface area contributed by atoms with E-state index in [0.29, 0.717) is 5.82 Å². The van der Waals surface area contributed by atoms with Crippen LogP contribution in [0.3, 0.4) is 0 Å². The van der Waals surface area contributed by atoms with Crippen LogP contribution in [0.25, 0.3) is 0 Å². The lowest BCUT2D eigenvalue weighted by Crippen LogP contribution is -2.14. The molecule has 0 aliphatic rings. The van der Waals surface area contributed by atoms with Crippen molar-refractivity contribution in [1.82, 2.24) is 9.78 Å². The second-order valence-corrected chi connectivity index (χ2v) is 3.56. The van der Waals surface area contributed by atoms with Gasteiger partial charge in [0.25, 0.3) is 5.91 Å². The van der Waals surface area contributed by atoms with E-state index in [9.17, 15) is 9.18 Å². The predicted octanol–water partition coefficient (Wildman–Crippen LogP) is 1.39. The lowest BCUT2D eigenvalue weighted by atomic mass is 10.1.